The number of halogens is 1. The van der Waals surface area contributed by atoms with Crippen LogP contribution in [-0.4, -0.2) is 16.8 Å². The molecule has 27 heavy (non-hydrogen) atoms. The van der Waals surface area contributed by atoms with Gasteiger partial charge in [-0.2, -0.15) is 0 Å². The third-order valence-corrected chi connectivity index (χ3v) is 4.10. The van der Waals surface area contributed by atoms with Gasteiger partial charge in [-0.25, -0.2) is 4.98 Å². The molecular weight excluding hydrogens is 362 g/mol. The van der Waals surface area contributed by atoms with Gasteiger partial charge in [-0.3, -0.25) is 9.59 Å². The maximum atomic E-state index is 12.4. The van der Waals surface area contributed by atoms with Crippen LogP contribution in [0.2, 0.25) is 5.02 Å². The van der Waals surface area contributed by atoms with E-state index in [-0.39, 0.29) is 17.3 Å². The van der Waals surface area contributed by atoms with Crippen LogP contribution >= 0.6 is 11.6 Å². The molecule has 0 aliphatic rings. The normalized spacial score (nSPS) is 10.3. The molecule has 0 radical (unpaired) electrons. The highest BCUT2D eigenvalue weighted by molar-refractivity contribution is 6.30. The number of nitrogens with one attached hydrogen (secondary N) is 2. The largest absolute Gasteiger partial charge is 0.347 e. The van der Waals surface area contributed by atoms with E-state index in [1.165, 1.54) is 0 Å². The number of carbonyl (C=O) groups excluding carboxylic acids is 2. The number of hydrogen-bond donors (Lipinski definition) is 2. The lowest BCUT2D eigenvalue weighted by Gasteiger charge is -2.08. The summed E-state index contributed by atoms with van der Waals surface area (Å²) in [6.45, 7) is 2.39. The Morgan fingerprint density at radius 3 is 2.30 bits per heavy atom. The Balaban J connectivity index is 1.66. The lowest BCUT2D eigenvalue weighted by Crippen LogP contribution is -2.25. The van der Waals surface area contributed by atoms with Gasteiger partial charge in [0.1, 0.15) is 11.4 Å². The summed E-state index contributed by atoms with van der Waals surface area (Å²) in [6, 6.07) is 19.4. The fourth-order valence-electron chi connectivity index (χ4n) is 2.51. The van der Waals surface area contributed by atoms with Crippen LogP contribution < -0.4 is 10.6 Å². The van der Waals surface area contributed by atoms with E-state index >= 15 is 0 Å². The Morgan fingerprint density at radius 2 is 1.59 bits per heavy atom. The molecule has 2 aromatic carbocycles. The molecule has 5 nitrogen and oxygen atoms in total. The van der Waals surface area contributed by atoms with E-state index in [1.807, 2.05) is 31.2 Å². The van der Waals surface area contributed by atoms with Gasteiger partial charge in [-0.05, 0) is 48.9 Å². The van der Waals surface area contributed by atoms with Crippen LogP contribution in [0, 0.1) is 6.92 Å². The number of rotatable bonds is 5. The number of pyridine rings is 1. The highest BCUT2D eigenvalue weighted by Crippen LogP contribution is 2.14. The van der Waals surface area contributed by atoms with Crippen LogP contribution in [0.5, 0.6) is 0 Å². The molecule has 3 aromatic rings. The molecule has 0 aliphatic carbocycles. The predicted molar refractivity (Wildman–Crippen MR) is 106 cm³/mol. The minimum atomic E-state index is -0.398. The molecular formula is C21H18ClN3O2. The summed E-state index contributed by atoms with van der Waals surface area (Å²) in [5.41, 5.74) is 3.07. The third-order valence-electron chi connectivity index (χ3n) is 3.85. The Hall–Kier alpha value is -3.18. The van der Waals surface area contributed by atoms with Crippen LogP contribution in [0.3, 0.4) is 0 Å². The van der Waals surface area contributed by atoms with E-state index in [2.05, 4.69) is 15.6 Å². The molecule has 1 heterocycles. The first-order valence-corrected chi connectivity index (χ1v) is 8.77. The summed E-state index contributed by atoms with van der Waals surface area (Å²) in [4.78, 5) is 28.9. The zero-order valence-electron chi connectivity index (χ0n) is 14.7. The van der Waals surface area contributed by atoms with E-state index in [9.17, 15) is 9.59 Å². The Bertz CT molecular complexity index is 971. The van der Waals surface area contributed by atoms with Gasteiger partial charge in [0.15, 0.2) is 0 Å². The van der Waals surface area contributed by atoms with Crippen molar-refractivity contribution in [3.63, 3.8) is 0 Å². The molecule has 136 valence electrons. The molecule has 0 fully saturated rings. The molecule has 3 rings (SSSR count). The van der Waals surface area contributed by atoms with E-state index in [0.29, 0.717) is 17.3 Å². The second-order valence-corrected chi connectivity index (χ2v) is 6.48. The maximum absolute atomic E-state index is 12.4. The zero-order valence-corrected chi connectivity index (χ0v) is 15.5. The van der Waals surface area contributed by atoms with Crippen LogP contribution in [0.25, 0.3) is 0 Å². The number of anilines is 1. The van der Waals surface area contributed by atoms with Gasteiger partial charge in [0.2, 0.25) is 0 Å². The van der Waals surface area contributed by atoms with Crippen molar-refractivity contribution in [1.29, 1.82) is 0 Å². The minimum absolute atomic E-state index is 0.160. The summed E-state index contributed by atoms with van der Waals surface area (Å²) in [7, 11) is 0. The minimum Gasteiger partial charge on any atom is -0.347 e. The summed E-state index contributed by atoms with van der Waals surface area (Å²) in [5, 5.41) is 6.12. The molecule has 2 N–H and O–H groups in total. The number of aromatic nitrogens is 1. The topological polar surface area (TPSA) is 71.1 Å². The van der Waals surface area contributed by atoms with Crippen LogP contribution in [-0.2, 0) is 6.54 Å². The molecule has 2 amide bonds. The van der Waals surface area contributed by atoms with Crippen LogP contribution in [0.15, 0.2) is 66.7 Å². The Morgan fingerprint density at radius 1 is 0.926 bits per heavy atom. The van der Waals surface area contributed by atoms with Gasteiger partial charge in [0.25, 0.3) is 11.8 Å². The average Bonchev–Trinajstić information content (AvgIpc) is 2.68. The standard InChI is InChI=1S/C21H18ClN3O2/c1-14-4-2-5-15(12-14)13-23-20(26)18-6-3-7-19(25-18)21(27)24-17-10-8-16(22)9-11-17/h2-12H,13H2,1H3,(H,23,26)(H,24,27). The zero-order chi connectivity index (χ0) is 19.2. The fraction of sp³-hybridized carbons (Fsp3) is 0.0952. The van der Waals surface area contributed by atoms with Crippen molar-refractivity contribution < 1.29 is 9.59 Å². The predicted octanol–water partition coefficient (Wildman–Crippen LogP) is 4.23. The van der Waals surface area contributed by atoms with Gasteiger partial charge in [0, 0.05) is 17.3 Å². The monoisotopic (exact) mass is 379 g/mol. The molecule has 0 spiro atoms. The SMILES string of the molecule is Cc1cccc(CNC(=O)c2cccc(C(=O)Nc3ccc(Cl)cc3)n2)c1. The third kappa shape index (κ3) is 5.15. The van der Waals surface area contributed by atoms with Crippen LogP contribution in [0.4, 0.5) is 5.69 Å². The second-order valence-electron chi connectivity index (χ2n) is 6.04. The number of amides is 2. The van der Waals surface area contributed by atoms with Crippen LogP contribution in [0.1, 0.15) is 32.1 Å². The number of aryl methyl sites for hydroxylation is 1. The summed E-state index contributed by atoms with van der Waals surface area (Å²) in [5.74, 6) is -0.733. The molecule has 0 bridgehead atoms. The van der Waals surface area contributed by atoms with Crippen molar-refractivity contribution in [2.75, 3.05) is 5.32 Å². The van der Waals surface area contributed by atoms with Gasteiger partial charge < -0.3 is 10.6 Å². The fourth-order valence-corrected chi connectivity index (χ4v) is 2.64. The lowest BCUT2D eigenvalue weighted by molar-refractivity contribution is 0.0945. The van der Waals surface area contributed by atoms with Crippen molar-refractivity contribution in [2.24, 2.45) is 0 Å². The lowest BCUT2D eigenvalue weighted by atomic mass is 10.1. The van der Waals surface area contributed by atoms with Crippen molar-refractivity contribution in [3.8, 4) is 0 Å². The van der Waals surface area contributed by atoms with E-state index < -0.39 is 5.91 Å². The van der Waals surface area contributed by atoms with E-state index in [1.54, 1.807) is 42.5 Å². The summed E-state index contributed by atoms with van der Waals surface area (Å²) >= 11 is 5.83. The molecule has 0 saturated carbocycles. The summed E-state index contributed by atoms with van der Waals surface area (Å²) in [6.07, 6.45) is 0. The summed E-state index contributed by atoms with van der Waals surface area (Å²) < 4.78 is 0. The number of nitrogens with zero attached hydrogens (tertiary/aromatic N) is 1. The van der Waals surface area contributed by atoms with Gasteiger partial charge in [-0.15, -0.1) is 0 Å². The van der Waals surface area contributed by atoms with Gasteiger partial charge >= 0.3 is 0 Å². The van der Waals surface area contributed by atoms with E-state index in [0.717, 1.165) is 11.1 Å². The molecule has 1 aromatic heterocycles. The first-order valence-electron chi connectivity index (χ1n) is 8.39. The molecule has 0 unspecified atom stereocenters. The van der Waals surface area contributed by atoms with Crippen molar-refractivity contribution in [1.82, 2.24) is 10.3 Å². The Kier molecular flexibility index (Phi) is 5.84. The first-order chi connectivity index (χ1) is 13.0. The maximum Gasteiger partial charge on any atom is 0.274 e. The molecule has 0 aliphatic heterocycles. The second kappa shape index (κ2) is 8.47. The van der Waals surface area contributed by atoms with Crippen molar-refractivity contribution in [3.05, 3.63) is 94.3 Å². The Labute approximate surface area is 162 Å². The van der Waals surface area contributed by atoms with Gasteiger partial charge in [0.05, 0.1) is 0 Å². The average molecular weight is 380 g/mol. The number of hydrogen-bond acceptors (Lipinski definition) is 3. The number of carbonyl (C=O) groups is 2. The van der Waals surface area contributed by atoms with E-state index in [4.69, 9.17) is 11.6 Å². The van der Waals surface area contributed by atoms with Crippen molar-refractivity contribution >= 4 is 29.1 Å². The number of benzene rings is 2. The highest BCUT2D eigenvalue weighted by Gasteiger charge is 2.12. The molecule has 0 saturated heterocycles. The molecule has 6 heteroatoms. The molecule has 0 atom stereocenters. The quantitative estimate of drug-likeness (QED) is 0.697. The van der Waals surface area contributed by atoms with Crippen molar-refractivity contribution in [2.45, 2.75) is 13.5 Å². The van der Waals surface area contributed by atoms with Gasteiger partial charge in [-0.1, -0.05) is 47.5 Å². The highest BCUT2D eigenvalue weighted by atomic mass is 35.5. The smallest absolute Gasteiger partial charge is 0.274 e. The first kappa shape index (κ1) is 18.6.